The Bertz CT molecular complexity index is 419. The number of rotatable bonds is 2. The molecule has 1 saturated heterocycles. The summed E-state index contributed by atoms with van der Waals surface area (Å²) >= 11 is 1.15. The predicted octanol–water partition coefficient (Wildman–Crippen LogP) is 0.137. The summed E-state index contributed by atoms with van der Waals surface area (Å²) in [5.74, 6) is -0.0441. The minimum Gasteiger partial charge on any atom is -0.409 e. The Morgan fingerprint density at radius 2 is 2.53 bits per heavy atom. The van der Waals surface area contributed by atoms with Crippen LogP contribution in [0.25, 0.3) is 0 Å². The van der Waals surface area contributed by atoms with E-state index in [-0.39, 0.29) is 17.7 Å². The summed E-state index contributed by atoms with van der Waals surface area (Å²) in [5, 5.41) is 17.0. The molecule has 92 valence electrons. The van der Waals surface area contributed by atoms with E-state index in [1.165, 1.54) is 0 Å². The molecule has 8 heteroatoms. The molecule has 1 unspecified atom stereocenters. The van der Waals surface area contributed by atoms with Crippen LogP contribution in [-0.4, -0.2) is 44.5 Å². The summed E-state index contributed by atoms with van der Waals surface area (Å²) in [6, 6.07) is 0. The molecule has 1 aliphatic heterocycles. The normalized spacial score (nSPS) is 21.5. The number of hydrogen-bond donors (Lipinski definition) is 2. The highest BCUT2D eigenvalue weighted by molar-refractivity contribution is 7.03. The second-order valence-corrected chi connectivity index (χ2v) is 4.52. The molecular weight excluding hydrogens is 242 g/mol. The number of piperidine rings is 1. The molecule has 1 atom stereocenters. The fourth-order valence-electron chi connectivity index (χ4n) is 1.90. The van der Waals surface area contributed by atoms with Crippen molar-refractivity contribution >= 4 is 23.3 Å². The zero-order valence-electron chi connectivity index (χ0n) is 9.11. The average molecular weight is 255 g/mol. The van der Waals surface area contributed by atoms with E-state index in [4.69, 9.17) is 10.9 Å². The molecule has 0 aliphatic carbocycles. The van der Waals surface area contributed by atoms with Crippen LogP contribution in [0.15, 0.2) is 10.5 Å². The van der Waals surface area contributed by atoms with E-state index in [2.05, 4.69) is 14.7 Å². The van der Waals surface area contributed by atoms with Gasteiger partial charge in [0.15, 0.2) is 5.69 Å². The fraction of sp³-hybridized carbons (Fsp3) is 0.556. The molecule has 1 amide bonds. The molecule has 1 aliphatic rings. The Balaban J connectivity index is 2.05. The number of carbonyl (C=O) groups excluding carboxylic acids is 1. The molecule has 0 bridgehead atoms. The van der Waals surface area contributed by atoms with Crippen molar-refractivity contribution in [3.8, 4) is 0 Å². The standard InChI is InChI=1S/C9H13N5O2S/c10-8(12-16)6-2-1-3-14(4-6)9(15)7-5-17-13-11-7/h5-6,16H,1-4H2,(H2,10,12). The summed E-state index contributed by atoms with van der Waals surface area (Å²) < 4.78 is 3.66. The lowest BCUT2D eigenvalue weighted by atomic mass is 9.97. The second-order valence-electron chi connectivity index (χ2n) is 3.91. The van der Waals surface area contributed by atoms with E-state index in [0.29, 0.717) is 18.8 Å². The third-order valence-electron chi connectivity index (χ3n) is 2.82. The SMILES string of the molecule is NC(=NO)C1CCCN(C(=O)c2csnn2)C1. The maximum Gasteiger partial charge on any atom is 0.275 e. The first-order chi connectivity index (χ1) is 8.22. The van der Waals surface area contributed by atoms with Gasteiger partial charge in [0.1, 0.15) is 5.84 Å². The van der Waals surface area contributed by atoms with Crippen molar-refractivity contribution in [1.29, 1.82) is 0 Å². The number of likely N-dealkylation sites (tertiary alicyclic amines) is 1. The smallest absolute Gasteiger partial charge is 0.275 e. The average Bonchev–Trinajstić information content (AvgIpc) is 2.91. The third kappa shape index (κ3) is 2.52. The van der Waals surface area contributed by atoms with Crippen LogP contribution in [-0.2, 0) is 0 Å². The minimum atomic E-state index is -0.144. The Morgan fingerprint density at radius 3 is 3.18 bits per heavy atom. The summed E-state index contributed by atoms with van der Waals surface area (Å²) in [7, 11) is 0. The summed E-state index contributed by atoms with van der Waals surface area (Å²) in [5.41, 5.74) is 5.92. The maximum atomic E-state index is 12.0. The van der Waals surface area contributed by atoms with Crippen LogP contribution in [0, 0.1) is 5.92 Å². The molecule has 1 aromatic rings. The molecule has 17 heavy (non-hydrogen) atoms. The number of oxime groups is 1. The van der Waals surface area contributed by atoms with Gasteiger partial charge >= 0.3 is 0 Å². The van der Waals surface area contributed by atoms with Gasteiger partial charge in [-0.1, -0.05) is 9.64 Å². The minimum absolute atomic E-state index is 0.0794. The van der Waals surface area contributed by atoms with Crippen molar-refractivity contribution in [2.45, 2.75) is 12.8 Å². The number of aromatic nitrogens is 2. The molecule has 1 aromatic heterocycles. The van der Waals surface area contributed by atoms with Gasteiger partial charge in [0.05, 0.1) is 0 Å². The highest BCUT2D eigenvalue weighted by Gasteiger charge is 2.27. The van der Waals surface area contributed by atoms with Crippen molar-refractivity contribution in [1.82, 2.24) is 14.5 Å². The maximum absolute atomic E-state index is 12.0. The number of nitrogens with zero attached hydrogens (tertiary/aromatic N) is 4. The zero-order valence-corrected chi connectivity index (χ0v) is 9.93. The van der Waals surface area contributed by atoms with Gasteiger partial charge in [-0.25, -0.2) is 0 Å². The Hall–Kier alpha value is -1.70. The Labute approximate surface area is 102 Å². The summed E-state index contributed by atoms with van der Waals surface area (Å²) in [6.07, 6.45) is 1.67. The molecule has 0 radical (unpaired) electrons. The monoisotopic (exact) mass is 255 g/mol. The van der Waals surface area contributed by atoms with E-state index in [1.54, 1.807) is 10.3 Å². The van der Waals surface area contributed by atoms with Crippen LogP contribution < -0.4 is 5.73 Å². The quantitative estimate of drug-likeness (QED) is 0.338. The fourth-order valence-corrected chi connectivity index (χ4v) is 2.33. The highest BCUT2D eigenvalue weighted by Crippen LogP contribution is 2.18. The Morgan fingerprint density at radius 1 is 1.71 bits per heavy atom. The third-order valence-corrected chi connectivity index (χ3v) is 3.33. The van der Waals surface area contributed by atoms with Gasteiger partial charge in [0.2, 0.25) is 0 Å². The first kappa shape index (κ1) is 11.8. The number of amidine groups is 1. The lowest BCUT2D eigenvalue weighted by Crippen LogP contribution is -2.44. The number of carbonyl (C=O) groups is 1. The molecule has 0 spiro atoms. The van der Waals surface area contributed by atoms with Crippen LogP contribution in [0.4, 0.5) is 0 Å². The molecular formula is C9H13N5O2S. The molecule has 2 heterocycles. The predicted molar refractivity (Wildman–Crippen MR) is 61.9 cm³/mol. The number of hydrogen-bond acceptors (Lipinski definition) is 6. The van der Waals surface area contributed by atoms with E-state index in [9.17, 15) is 4.79 Å². The van der Waals surface area contributed by atoms with Crippen molar-refractivity contribution in [2.75, 3.05) is 13.1 Å². The molecule has 0 aromatic carbocycles. The molecule has 0 saturated carbocycles. The van der Waals surface area contributed by atoms with Gasteiger partial charge in [-0.3, -0.25) is 4.79 Å². The van der Waals surface area contributed by atoms with Crippen LogP contribution in [0.1, 0.15) is 23.3 Å². The lowest BCUT2D eigenvalue weighted by molar-refractivity contribution is 0.0695. The van der Waals surface area contributed by atoms with E-state index >= 15 is 0 Å². The highest BCUT2D eigenvalue weighted by atomic mass is 32.1. The van der Waals surface area contributed by atoms with Gasteiger partial charge in [-0.2, -0.15) is 0 Å². The van der Waals surface area contributed by atoms with Gasteiger partial charge in [-0.15, -0.1) is 5.10 Å². The molecule has 3 N–H and O–H groups in total. The van der Waals surface area contributed by atoms with E-state index < -0.39 is 0 Å². The van der Waals surface area contributed by atoms with Crippen LogP contribution in [0.3, 0.4) is 0 Å². The second kappa shape index (κ2) is 5.09. The van der Waals surface area contributed by atoms with Crippen LogP contribution >= 0.6 is 11.5 Å². The topological polar surface area (TPSA) is 105 Å². The van der Waals surface area contributed by atoms with Crippen LogP contribution in [0.2, 0.25) is 0 Å². The molecule has 7 nitrogen and oxygen atoms in total. The van der Waals surface area contributed by atoms with E-state index in [1.807, 2.05) is 0 Å². The summed E-state index contributed by atoms with van der Waals surface area (Å²) in [4.78, 5) is 13.7. The first-order valence-corrected chi connectivity index (χ1v) is 6.09. The van der Waals surface area contributed by atoms with Gasteiger partial charge in [-0.05, 0) is 24.4 Å². The summed E-state index contributed by atoms with van der Waals surface area (Å²) in [6.45, 7) is 1.14. The van der Waals surface area contributed by atoms with Crippen molar-refractivity contribution in [2.24, 2.45) is 16.8 Å². The van der Waals surface area contributed by atoms with Gasteiger partial charge in [0, 0.05) is 24.4 Å². The van der Waals surface area contributed by atoms with Gasteiger partial charge in [0.25, 0.3) is 5.91 Å². The van der Waals surface area contributed by atoms with Crippen LogP contribution in [0.5, 0.6) is 0 Å². The van der Waals surface area contributed by atoms with Crippen molar-refractivity contribution < 1.29 is 10.0 Å². The molecule has 2 rings (SSSR count). The van der Waals surface area contributed by atoms with Gasteiger partial charge < -0.3 is 15.8 Å². The number of nitrogens with two attached hydrogens (primary N) is 1. The lowest BCUT2D eigenvalue weighted by Gasteiger charge is -2.31. The van der Waals surface area contributed by atoms with Crippen molar-refractivity contribution in [3.05, 3.63) is 11.1 Å². The largest absolute Gasteiger partial charge is 0.409 e. The first-order valence-electron chi connectivity index (χ1n) is 5.26. The Kier molecular flexibility index (Phi) is 3.52. The van der Waals surface area contributed by atoms with Crippen molar-refractivity contribution in [3.63, 3.8) is 0 Å². The number of amides is 1. The zero-order chi connectivity index (χ0) is 12.3. The molecule has 1 fully saturated rings. The van der Waals surface area contributed by atoms with E-state index in [0.717, 1.165) is 24.4 Å².